The number of halogens is 1. The van der Waals surface area contributed by atoms with E-state index in [9.17, 15) is 9.59 Å². The lowest BCUT2D eigenvalue weighted by atomic mass is 9.96. The molecule has 0 spiro atoms. The van der Waals surface area contributed by atoms with Crippen LogP contribution in [0.2, 0.25) is 0 Å². The fraction of sp³-hybridized carbons (Fsp3) is 0.833. The Bertz CT molecular complexity index is 321. The molecule has 2 N–H and O–H groups in total. The van der Waals surface area contributed by atoms with Gasteiger partial charge in [-0.3, -0.25) is 9.59 Å². The first-order chi connectivity index (χ1) is 8.72. The Balaban J connectivity index is 0.00000180. The smallest absolute Gasteiger partial charge is 0.242 e. The maximum atomic E-state index is 12.3. The highest BCUT2D eigenvalue weighted by atomic mass is 35.5. The summed E-state index contributed by atoms with van der Waals surface area (Å²) in [5.74, 6) is 0.0147. The average molecular weight is 292 g/mol. The molecule has 6 nitrogen and oxygen atoms in total. The van der Waals surface area contributed by atoms with Gasteiger partial charge in [0.05, 0.1) is 19.1 Å². The second kappa shape index (κ2) is 7.67. The summed E-state index contributed by atoms with van der Waals surface area (Å²) in [6.07, 6.45) is 1.75. The van der Waals surface area contributed by atoms with Crippen molar-refractivity contribution in [2.75, 3.05) is 39.9 Å². The van der Waals surface area contributed by atoms with Gasteiger partial charge < -0.3 is 20.3 Å². The third-order valence-electron chi connectivity index (χ3n) is 3.57. The first-order valence-corrected chi connectivity index (χ1v) is 6.54. The van der Waals surface area contributed by atoms with Crippen LogP contribution < -0.4 is 10.6 Å². The standard InChI is InChI=1S/C12H21N3O3.ClH/c1-13-11(16)9-3-2-5-15(7-9)12(17)10-8-18-6-4-14-10;/h9-10,14H,2-8H2,1H3,(H,13,16);1H. The summed E-state index contributed by atoms with van der Waals surface area (Å²) in [7, 11) is 1.64. The number of nitrogens with zero attached hydrogens (tertiary/aromatic N) is 1. The van der Waals surface area contributed by atoms with E-state index < -0.39 is 0 Å². The molecule has 2 unspecified atom stereocenters. The first kappa shape index (κ1) is 16.2. The van der Waals surface area contributed by atoms with E-state index in [1.54, 1.807) is 11.9 Å². The summed E-state index contributed by atoms with van der Waals surface area (Å²) < 4.78 is 5.30. The average Bonchev–Trinajstić information content (AvgIpc) is 2.46. The largest absolute Gasteiger partial charge is 0.378 e. The molecule has 0 aromatic carbocycles. The zero-order valence-corrected chi connectivity index (χ0v) is 12.0. The number of hydrogen-bond donors (Lipinski definition) is 2. The summed E-state index contributed by atoms with van der Waals surface area (Å²) in [6.45, 7) is 3.06. The molecule has 2 aliphatic heterocycles. The van der Waals surface area contributed by atoms with Crippen LogP contribution in [-0.4, -0.2) is 62.7 Å². The Morgan fingerprint density at radius 1 is 1.42 bits per heavy atom. The molecule has 2 atom stereocenters. The molecular weight excluding hydrogens is 270 g/mol. The zero-order valence-electron chi connectivity index (χ0n) is 11.2. The monoisotopic (exact) mass is 291 g/mol. The lowest BCUT2D eigenvalue weighted by Crippen LogP contribution is -2.55. The van der Waals surface area contributed by atoms with Crippen molar-refractivity contribution < 1.29 is 14.3 Å². The van der Waals surface area contributed by atoms with Gasteiger partial charge in [0.1, 0.15) is 6.04 Å². The Kier molecular flexibility index (Phi) is 6.54. The Morgan fingerprint density at radius 3 is 2.84 bits per heavy atom. The van der Waals surface area contributed by atoms with Gasteiger partial charge >= 0.3 is 0 Å². The van der Waals surface area contributed by atoms with Crippen molar-refractivity contribution in [3.8, 4) is 0 Å². The van der Waals surface area contributed by atoms with E-state index in [4.69, 9.17) is 4.74 Å². The highest BCUT2D eigenvalue weighted by Gasteiger charge is 2.32. The molecule has 2 fully saturated rings. The Hall–Kier alpha value is -0.850. The summed E-state index contributed by atoms with van der Waals surface area (Å²) in [6, 6.07) is -0.248. The normalized spacial score (nSPS) is 27.3. The fourth-order valence-corrected chi connectivity index (χ4v) is 2.54. The molecule has 7 heteroatoms. The number of morpholine rings is 1. The molecular formula is C12H22ClN3O3. The fourth-order valence-electron chi connectivity index (χ4n) is 2.54. The van der Waals surface area contributed by atoms with E-state index in [0.29, 0.717) is 26.3 Å². The van der Waals surface area contributed by atoms with Crippen molar-refractivity contribution in [2.24, 2.45) is 5.92 Å². The van der Waals surface area contributed by atoms with Crippen LogP contribution in [0.3, 0.4) is 0 Å². The molecule has 0 saturated carbocycles. The van der Waals surface area contributed by atoms with E-state index in [-0.39, 0.29) is 36.2 Å². The minimum Gasteiger partial charge on any atom is -0.378 e. The van der Waals surface area contributed by atoms with Crippen molar-refractivity contribution in [1.82, 2.24) is 15.5 Å². The van der Waals surface area contributed by atoms with E-state index in [0.717, 1.165) is 19.4 Å². The molecule has 19 heavy (non-hydrogen) atoms. The molecule has 2 amide bonds. The highest BCUT2D eigenvalue weighted by molar-refractivity contribution is 5.85. The number of piperidine rings is 1. The van der Waals surface area contributed by atoms with Gasteiger partial charge in [0.2, 0.25) is 11.8 Å². The molecule has 0 aliphatic carbocycles. The molecule has 2 rings (SSSR count). The maximum Gasteiger partial charge on any atom is 0.242 e. The number of nitrogens with one attached hydrogen (secondary N) is 2. The molecule has 0 aromatic heterocycles. The van der Waals surface area contributed by atoms with E-state index in [1.807, 2.05) is 0 Å². The predicted molar refractivity (Wildman–Crippen MR) is 73.2 cm³/mol. The highest BCUT2D eigenvalue weighted by Crippen LogP contribution is 2.17. The lowest BCUT2D eigenvalue weighted by Gasteiger charge is -2.35. The van der Waals surface area contributed by atoms with Gasteiger partial charge in [0.25, 0.3) is 0 Å². The van der Waals surface area contributed by atoms with Gasteiger partial charge in [-0.1, -0.05) is 0 Å². The first-order valence-electron chi connectivity index (χ1n) is 6.54. The van der Waals surface area contributed by atoms with Crippen molar-refractivity contribution in [2.45, 2.75) is 18.9 Å². The van der Waals surface area contributed by atoms with Crippen molar-refractivity contribution in [1.29, 1.82) is 0 Å². The zero-order chi connectivity index (χ0) is 13.0. The number of carbonyl (C=O) groups is 2. The molecule has 2 aliphatic rings. The van der Waals surface area contributed by atoms with Gasteiger partial charge in [-0.25, -0.2) is 0 Å². The summed E-state index contributed by atoms with van der Waals surface area (Å²) in [5.41, 5.74) is 0. The molecule has 2 saturated heterocycles. The van der Waals surface area contributed by atoms with Crippen LogP contribution in [-0.2, 0) is 14.3 Å². The number of rotatable bonds is 2. The quantitative estimate of drug-likeness (QED) is 0.711. The Morgan fingerprint density at radius 2 is 2.21 bits per heavy atom. The summed E-state index contributed by atoms with van der Waals surface area (Å²) in [4.78, 5) is 25.7. The van der Waals surface area contributed by atoms with Gasteiger partial charge in [0.15, 0.2) is 0 Å². The van der Waals surface area contributed by atoms with E-state index >= 15 is 0 Å². The van der Waals surface area contributed by atoms with Crippen molar-refractivity contribution in [3.63, 3.8) is 0 Å². The molecule has 2 heterocycles. The number of ether oxygens (including phenoxy) is 1. The van der Waals surface area contributed by atoms with Crippen LogP contribution in [0.1, 0.15) is 12.8 Å². The number of amides is 2. The SMILES string of the molecule is CNC(=O)C1CCCN(C(=O)C2COCCN2)C1.Cl. The van der Waals surface area contributed by atoms with Crippen LogP contribution in [0.25, 0.3) is 0 Å². The minimum absolute atomic E-state index is 0. The predicted octanol–water partition coefficient (Wildman–Crippen LogP) is -0.619. The van der Waals surface area contributed by atoms with Gasteiger partial charge in [-0.15, -0.1) is 12.4 Å². The number of likely N-dealkylation sites (tertiary alicyclic amines) is 1. The molecule has 0 radical (unpaired) electrons. The topological polar surface area (TPSA) is 70.7 Å². The van der Waals surface area contributed by atoms with Crippen molar-refractivity contribution >= 4 is 24.2 Å². The van der Waals surface area contributed by atoms with Gasteiger partial charge in [0, 0.05) is 26.7 Å². The molecule has 0 bridgehead atoms. The second-order valence-corrected chi connectivity index (χ2v) is 4.82. The number of hydrogen-bond acceptors (Lipinski definition) is 4. The van der Waals surface area contributed by atoms with Crippen LogP contribution in [0.5, 0.6) is 0 Å². The van der Waals surface area contributed by atoms with Crippen LogP contribution in [0.4, 0.5) is 0 Å². The van der Waals surface area contributed by atoms with Gasteiger partial charge in [-0.2, -0.15) is 0 Å². The lowest BCUT2D eigenvalue weighted by molar-refractivity contribution is -0.139. The third kappa shape index (κ3) is 4.06. The minimum atomic E-state index is -0.248. The van der Waals surface area contributed by atoms with Gasteiger partial charge in [-0.05, 0) is 12.8 Å². The van der Waals surface area contributed by atoms with E-state index in [2.05, 4.69) is 10.6 Å². The van der Waals surface area contributed by atoms with E-state index in [1.165, 1.54) is 0 Å². The summed E-state index contributed by atoms with van der Waals surface area (Å²) in [5, 5.41) is 5.81. The Labute approximate surface area is 119 Å². The third-order valence-corrected chi connectivity index (χ3v) is 3.57. The van der Waals surface area contributed by atoms with Crippen molar-refractivity contribution in [3.05, 3.63) is 0 Å². The number of carbonyl (C=O) groups excluding carboxylic acids is 2. The molecule has 110 valence electrons. The summed E-state index contributed by atoms with van der Waals surface area (Å²) >= 11 is 0. The second-order valence-electron chi connectivity index (χ2n) is 4.82. The van der Waals surface area contributed by atoms with Crippen LogP contribution in [0, 0.1) is 5.92 Å². The van der Waals surface area contributed by atoms with Crippen LogP contribution >= 0.6 is 12.4 Å². The molecule has 0 aromatic rings. The van der Waals surface area contributed by atoms with Crippen LogP contribution in [0.15, 0.2) is 0 Å². The maximum absolute atomic E-state index is 12.3.